The molecule has 0 atom stereocenters. The quantitative estimate of drug-likeness (QED) is 0.281. The highest BCUT2D eigenvalue weighted by Crippen LogP contribution is 2.27. The Bertz CT molecular complexity index is 128. The normalized spacial score (nSPS) is 11.2. The highest BCUT2D eigenvalue weighted by atomic mass is 35.8. The van der Waals surface area contributed by atoms with Gasteiger partial charge in [0.15, 0.2) is 0 Å². The number of hydrogen-bond acceptors (Lipinski definition) is 0. The molecule has 0 aromatic rings. The van der Waals surface area contributed by atoms with Gasteiger partial charge in [-0.3, -0.25) is 4.70 Å². The van der Waals surface area contributed by atoms with Crippen molar-refractivity contribution < 1.29 is 4.70 Å². The van der Waals surface area contributed by atoms with E-state index in [2.05, 4.69) is 6.92 Å². The lowest BCUT2D eigenvalue weighted by molar-refractivity contribution is 0.585. The molecule has 0 saturated heterocycles. The van der Waals surface area contributed by atoms with Gasteiger partial charge in [-0.25, -0.2) is 0 Å². The molecular weight excluding hydrogens is 274 g/mol. The minimum Gasteiger partial charge on any atom is -0.269 e. The maximum atomic E-state index is 5.78. The lowest BCUT2D eigenvalue weighted by Crippen LogP contribution is -2.07. The van der Waals surface area contributed by atoms with Crippen molar-refractivity contribution in [2.45, 2.75) is 64.3 Å². The highest BCUT2D eigenvalue weighted by Gasteiger charge is 2.23. The van der Waals surface area contributed by atoms with Crippen molar-refractivity contribution in [3.8, 4) is 0 Å². The van der Waals surface area contributed by atoms with Crippen molar-refractivity contribution in [3.63, 3.8) is 0 Å². The van der Waals surface area contributed by atoms with Crippen LogP contribution < -0.4 is 0 Å². The Balaban J connectivity index is 0. The van der Waals surface area contributed by atoms with Crippen molar-refractivity contribution in [2.24, 2.45) is 0 Å². The van der Waals surface area contributed by atoms with Crippen molar-refractivity contribution in [1.29, 1.82) is 0 Å². The Morgan fingerprint density at radius 3 is 1.53 bits per heavy atom. The van der Waals surface area contributed by atoms with Crippen LogP contribution in [0.15, 0.2) is 0 Å². The summed E-state index contributed by atoms with van der Waals surface area (Å²) in [6.07, 6.45) is 10.4. The predicted molar refractivity (Wildman–Crippen MR) is 73.2 cm³/mol. The number of halogens is 4. The fourth-order valence-electron chi connectivity index (χ4n) is 1.46. The molecule has 0 bridgehead atoms. The molecule has 0 nitrogen and oxygen atoms in total. The van der Waals surface area contributed by atoms with E-state index in [0.717, 1.165) is 12.5 Å². The Morgan fingerprint density at radius 2 is 1.13 bits per heavy atom. The zero-order chi connectivity index (χ0) is 10.9. The maximum absolute atomic E-state index is 5.78. The topological polar surface area (TPSA) is 0 Å². The Labute approximate surface area is 108 Å². The van der Waals surface area contributed by atoms with Gasteiger partial charge < -0.3 is 0 Å². The second kappa shape index (κ2) is 11.5. The predicted octanol–water partition coefficient (Wildman–Crippen LogP) is 5.93. The Hall–Kier alpha value is 1.02. The van der Waals surface area contributed by atoms with Gasteiger partial charge in [0.25, 0.3) is 0 Å². The van der Waals surface area contributed by atoms with E-state index in [1.165, 1.54) is 44.9 Å². The van der Waals surface area contributed by atoms with Gasteiger partial charge >= 0.3 is 6.00 Å². The highest BCUT2D eigenvalue weighted by molar-refractivity contribution is 7.64. The van der Waals surface area contributed by atoms with Gasteiger partial charge in [0, 0.05) is 0 Å². The molecule has 0 aliphatic rings. The second-order valence-corrected chi connectivity index (χ2v) is 13.1. The SMILES string of the molecule is CCCCCCCCCC[Si](Cl)(Cl)Cl.F. The molecule has 0 aliphatic heterocycles. The first-order valence-corrected chi connectivity index (χ1v) is 10.9. The summed E-state index contributed by atoms with van der Waals surface area (Å²) in [6, 6.07) is -1.50. The molecule has 0 aliphatic carbocycles. The lowest BCUT2D eigenvalue weighted by atomic mass is 10.1. The summed E-state index contributed by atoms with van der Waals surface area (Å²) < 4.78 is 0. The zero-order valence-corrected chi connectivity index (χ0v) is 12.7. The first-order chi connectivity index (χ1) is 6.56. The minimum absolute atomic E-state index is 0. The molecule has 0 N–H and O–H groups in total. The molecule has 0 amide bonds. The molecule has 0 unspecified atom stereocenters. The largest absolute Gasteiger partial charge is 0.341 e. The van der Waals surface area contributed by atoms with E-state index >= 15 is 0 Å². The molecule has 0 radical (unpaired) electrons. The first-order valence-electron chi connectivity index (χ1n) is 5.63. The fourth-order valence-corrected chi connectivity index (χ4v) is 3.31. The molecule has 0 rings (SSSR count). The average molecular weight is 296 g/mol. The molecule has 0 spiro atoms. The van der Waals surface area contributed by atoms with Crippen LogP contribution in [0.5, 0.6) is 0 Å². The third-order valence-electron chi connectivity index (χ3n) is 2.31. The van der Waals surface area contributed by atoms with E-state index in [9.17, 15) is 0 Å². The van der Waals surface area contributed by atoms with Crippen LogP contribution in [0.25, 0.3) is 0 Å². The van der Waals surface area contributed by atoms with E-state index in [4.69, 9.17) is 33.2 Å². The van der Waals surface area contributed by atoms with Gasteiger partial charge in [-0.15, -0.1) is 33.2 Å². The van der Waals surface area contributed by atoms with Crippen LogP contribution in [-0.4, -0.2) is 6.00 Å². The van der Waals surface area contributed by atoms with Gasteiger partial charge in [-0.05, 0) is 6.04 Å². The Kier molecular flexibility index (Phi) is 14.1. The fraction of sp³-hybridized carbons (Fsp3) is 1.00. The van der Waals surface area contributed by atoms with Gasteiger partial charge in [0.1, 0.15) is 0 Å². The van der Waals surface area contributed by atoms with Crippen molar-refractivity contribution >= 4 is 39.2 Å². The maximum Gasteiger partial charge on any atom is 0.341 e. The van der Waals surface area contributed by atoms with Crippen molar-refractivity contribution in [1.82, 2.24) is 0 Å². The smallest absolute Gasteiger partial charge is 0.269 e. The monoisotopic (exact) mass is 294 g/mol. The summed E-state index contributed by atoms with van der Waals surface area (Å²) in [7, 11) is 0. The molecule has 15 heavy (non-hydrogen) atoms. The van der Waals surface area contributed by atoms with Gasteiger partial charge in [-0.1, -0.05) is 58.3 Å². The van der Waals surface area contributed by atoms with E-state index < -0.39 is 6.00 Å². The van der Waals surface area contributed by atoms with E-state index in [0.29, 0.717) is 0 Å². The number of hydrogen-bond donors (Lipinski definition) is 0. The standard InChI is InChI=1S/C10H21Cl3Si.FH/c1-2-3-4-5-6-7-8-9-10-14(11,12)13;/h2-10H2,1H3;1H. The first kappa shape index (κ1) is 18.4. The van der Waals surface area contributed by atoms with Gasteiger partial charge in [-0.2, -0.15) is 0 Å². The van der Waals surface area contributed by atoms with Crippen LogP contribution in [0.1, 0.15) is 58.3 Å². The average Bonchev–Trinajstić information content (AvgIpc) is 2.08. The zero-order valence-electron chi connectivity index (χ0n) is 9.41. The minimum atomic E-state index is -2.32. The summed E-state index contributed by atoms with van der Waals surface area (Å²) in [6.45, 7) is 2.24. The summed E-state index contributed by atoms with van der Waals surface area (Å²) >= 11 is 17.4. The van der Waals surface area contributed by atoms with Crippen LogP contribution in [0, 0.1) is 0 Å². The number of rotatable bonds is 9. The molecular formula is C10H22Cl3FSi. The van der Waals surface area contributed by atoms with Crippen molar-refractivity contribution in [2.75, 3.05) is 0 Å². The number of unbranched alkanes of at least 4 members (excludes halogenated alkanes) is 7. The molecule has 0 aromatic heterocycles. The molecule has 0 heterocycles. The van der Waals surface area contributed by atoms with E-state index in [1.807, 2.05) is 0 Å². The third-order valence-corrected chi connectivity index (χ3v) is 4.94. The molecule has 5 heteroatoms. The van der Waals surface area contributed by atoms with E-state index in [1.54, 1.807) is 0 Å². The summed E-state index contributed by atoms with van der Waals surface area (Å²) in [5, 5.41) is 0. The van der Waals surface area contributed by atoms with Crippen LogP contribution in [0.4, 0.5) is 4.70 Å². The molecule has 0 aromatic carbocycles. The second-order valence-electron chi connectivity index (χ2n) is 3.84. The van der Waals surface area contributed by atoms with Gasteiger partial charge in [0.05, 0.1) is 0 Å². The van der Waals surface area contributed by atoms with Crippen molar-refractivity contribution in [3.05, 3.63) is 0 Å². The van der Waals surface area contributed by atoms with Crippen LogP contribution in [0.3, 0.4) is 0 Å². The van der Waals surface area contributed by atoms with Gasteiger partial charge in [0.2, 0.25) is 0 Å². The van der Waals surface area contributed by atoms with E-state index in [-0.39, 0.29) is 4.70 Å². The molecule has 94 valence electrons. The molecule has 0 saturated carbocycles. The molecule has 0 fully saturated rings. The summed E-state index contributed by atoms with van der Waals surface area (Å²) in [5.74, 6) is 0. The Morgan fingerprint density at radius 1 is 0.733 bits per heavy atom. The van der Waals surface area contributed by atoms with Crippen LogP contribution in [-0.2, 0) is 0 Å². The third kappa shape index (κ3) is 17.6. The van der Waals surface area contributed by atoms with Crippen LogP contribution >= 0.6 is 33.2 Å². The summed E-state index contributed by atoms with van der Waals surface area (Å²) in [4.78, 5) is 0. The van der Waals surface area contributed by atoms with Crippen LogP contribution in [0.2, 0.25) is 6.04 Å². The summed E-state index contributed by atoms with van der Waals surface area (Å²) in [5.41, 5.74) is 0. The lowest BCUT2D eigenvalue weighted by Gasteiger charge is -2.06.